The van der Waals surface area contributed by atoms with Crippen molar-refractivity contribution in [3.8, 4) is 0 Å². The molecule has 30 heavy (non-hydrogen) atoms. The van der Waals surface area contributed by atoms with Crippen LogP contribution < -0.4 is 10.3 Å². The molecule has 4 nitrogen and oxygen atoms in total. The third-order valence-electron chi connectivity index (χ3n) is 4.91. The van der Waals surface area contributed by atoms with Crippen molar-refractivity contribution in [2.24, 2.45) is 5.10 Å². The molecule has 2 aromatic carbocycles. The lowest BCUT2D eigenvalue weighted by atomic mass is 10.0. The summed E-state index contributed by atoms with van der Waals surface area (Å²) in [5, 5.41) is 10.7. The van der Waals surface area contributed by atoms with E-state index in [4.69, 9.17) is 35.4 Å². The van der Waals surface area contributed by atoms with Crippen LogP contribution in [0.2, 0.25) is 10.0 Å². The molecule has 7 heteroatoms. The molecule has 1 aliphatic rings. The Balaban J connectivity index is 1.51. The van der Waals surface area contributed by atoms with Gasteiger partial charge in [0.1, 0.15) is 0 Å². The summed E-state index contributed by atoms with van der Waals surface area (Å²) in [6.07, 6.45) is 4.27. The SMILES string of the molecule is Cc1ccc(C(=S)c2ccc(Cc3c(Cl)cc(N4CNCC=N4)cc3Cl)cc2)cn1. The van der Waals surface area contributed by atoms with Crippen molar-refractivity contribution in [3.05, 3.63) is 92.7 Å². The van der Waals surface area contributed by atoms with Gasteiger partial charge in [-0.15, -0.1) is 0 Å². The minimum atomic E-state index is 0.625. The number of benzene rings is 2. The average Bonchev–Trinajstić information content (AvgIpc) is 2.77. The first-order valence-electron chi connectivity index (χ1n) is 9.56. The normalized spacial score (nSPS) is 13.5. The number of anilines is 1. The molecule has 0 bridgehead atoms. The van der Waals surface area contributed by atoms with Gasteiger partial charge < -0.3 is 0 Å². The summed E-state index contributed by atoms with van der Waals surface area (Å²) in [5.41, 5.74) is 5.78. The second-order valence-electron chi connectivity index (χ2n) is 7.09. The Morgan fingerprint density at radius 1 is 1.07 bits per heavy atom. The topological polar surface area (TPSA) is 40.5 Å². The number of thiocarbonyl (C=S) groups is 1. The summed E-state index contributed by atoms with van der Waals surface area (Å²) in [7, 11) is 0. The lowest BCUT2D eigenvalue weighted by molar-refractivity contribution is 0.694. The molecular weight excluding hydrogens is 435 g/mol. The van der Waals surface area contributed by atoms with E-state index < -0.39 is 0 Å². The Morgan fingerprint density at radius 2 is 1.77 bits per heavy atom. The first-order chi connectivity index (χ1) is 14.5. The number of nitrogens with one attached hydrogen (secondary N) is 1. The summed E-state index contributed by atoms with van der Waals surface area (Å²) in [4.78, 5) is 5.11. The molecule has 0 radical (unpaired) electrons. The Morgan fingerprint density at radius 3 is 2.37 bits per heavy atom. The second-order valence-corrected chi connectivity index (χ2v) is 8.31. The Bertz CT molecular complexity index is 1070. The molecule has 4 rings (SSSR count). The van der Waals surface area contributed by atoms with Gasteiger partial charge in [-0.1, -0.05) is 65.8 Å². The van der Waals surface area contributed by atoms with Crippen LogP contribution in [0.15, 0.2) is 59.8 Å². The van der Waals surface area contributed by atoms with Gasteiger partial charge in [-0.25, -0.2) is 0 Å². The lowest BCUT2D eigenvalue weighted by Crippen LogP contribution is -2.36. The number of aromatic nitrogens is 1. The van der Waals surface area contributed by atoms with Crippen LogP contribution in [0.1, 0.15) is 27.9 Å². The summed E-state index contributed by atoms with van der Waals surface area (Å²) in [6.45, 7) is 3.34. The van der Waals surface area contributed by atoms with Gasteiger partial charge in [0.2, 0.25) is 0 Å². The minimum Gasteiger partial charge on any atom is -0.293 e. The molecule has 0 aliphatic carbocycles. The zero-order valence-corrected chi connectivity index (χ0v) is 18.7. The van der Waals surface area contributed by atoms with Crippen molar-refractivity contribution in [1.82, 2.24) is 10.3 Å². The average molecular weight is 455 g/mol. The maximum atomic E-state index is 6.57. The standard InChI is InChI=1S/C23H20Cl2N4S/c1-15-2-5-18(13-27-15)23(30)17-6-3-16(4-7-17)10-20-21(24)11-19(12-22(20)25)29-14-26-8-9-28-29/h2-7,9,11-13,26H,8,10,14H2,1H3. The van der Waals surface area contributed by atoms with Crippen LogP contribution in [0, 0.1) is 6.92 Å². The highest BCUT2D eigenvalue weighted by atomic mass is 35.5. The van der Waals surface area contributed by atoms with Crippen LogP contribution in [-0.4, -0.2) is 29.3 Å². The molecule has 152 valence electrons. The summed E-state index contributed by atoms with van der Waals surface area (Å²) in [5.74, 6) is 0. The van der Waals surface area contributed by atoms with Gasteiger partial charge in [-0.05, 0) is 41.8 Å². The summed E-state index contributed by atoms with van der Waals surface area (Å²) < 4.78 is 0. The Kier molecular flexibility index (Phi) is 6.44. The van der Waals surface area contributed by atoms with E-state index in [1.54, 1.807) is 0 Å². The van der Waals surface area contributed by atoms with E-state index in [9.17, 15) is 0 Å². The Hall–Kier alpha value is -2.31. The predicted octanol–water partition coefficient (Wildman–Crippen LogP) is 5.41. The zero-order valence-electron chi connectivity index (χ0n) is 16.4. The third kappa shape index (κ3) is 4.71. The van der Waals surface area contributed by atoms with Crippen LogP contribution in [0.4, 0.5) is 5.69 Å². The zero-order chi connectivity index (χ0) is 21.1. The Labute approximate surface area is 191 Å². The number of hydrogen-bond donors (Lipinski definition) is 1. The van der Waals surface area contributed by atoms with Gasteiger partial charge in [0, 0.05) is 46.7 Å². The fraction of sp³-hybridized carbons (Fsp3) is 0.174. The maximum absolute atomic E-state index is 6.57. The number of halogens is 2. The molecule has 0 amide bonds. The molecule has 1 N–H and O–H groups in total. The van der Waals surface area contributed by atoms with Crippen molar-refractivity contribution in [1.29, 1.82) is 0 Å². The van der Waals surface area contributed by atoms with Gasteiger partial charge >= 0.3 is 0 Å². The minimum absolute atomic E-state index is 0.625. The fourth-order valence-electron chi connectivity index (χ4n) is 3.23. The first kappa shape index (κ1) is 20.9. The fourth-order valence-corrected chi connectivity index (χ4v) is 4.09. The van der Waals surface area contributed by atoms with Gasteiger partial charge in [0.05, 0.1) is 17.2 Å². The highest BCUT2D eigenvalue weighted by Gasteiger charge is 2.14. The van der Waals surface area contributed by atoms with Gasteiger partial charge in [0.15, 0.2) is 0 Å². The van der Waals surface area contributed by atoms with Crippen molar-refractivity contribution in [2.75, 3.05) is 18.2 Å². The molecule has 0 fully saturated rings. The summed E-state index contributed by atoms with van der Waals surface area (Å²) in [6, 6.07) is 16.0. The molecule has 1 aromatic heterocycles. The highest BCUT2D eigenvalue weighted by Crippen LogP contribution is 2.33. The number of aryl methyl sites for hydroxylation is 1. The number of rotatable bonds is 5. The van der Waals surface area contributed by atoms with Crippen LogP contribution in [0.5, 0.6) is 0 Å². The van der Waals surface area contributed by atoms with E-state index in [1.165, 1.54) is 0 Å². The largest absolute Gasteiger partial charge is 0.293 e. The van der Waals surface area contributed by atoms with Crippen molar-refractivity contribution < 1.29 is 0 Å². The predicted molar refractivity (Wildman–Crippen MR) is 129 cm³/mol. The monoisotopic (exact) mass is 454 g/mol. The molecule has 0 saturated carbocycles. The quantitative estimate of drug-likeness (QED) is 0.413. The molecule has 2 heterocycles. The van der Waals surface area contributed by atoms with Crippen LogP contribution in [0.3, 0.4) is 0 Å². The smallest absolute Gasteiger partial charge is 0.0913 e. The van der Waals surface area contributed by atoms with E-state index >= 15 is 0 Å². The molecule has 0 saturated heterocycles. The second kappa shape index (κ2) is 9.23. The molecule has 0 spiro atoms. The number of pyridine rings is 1. The van der Waals surface area contributed by atoms with Crippen molar-refractivity contribution in [2.45, 2.75) is 13.3 Å². The van der Waals surface area contributed by atoms with Crippen LogP contribution in [-0.2, 0) is 6.42 Å². The van der Waals surface area contributed by atoms with Gasteiger partial charge in [-0.2, -0.15) is 5.10 Å². The number of nitrogens with zero attached hydrogens (tertiary/aromatic N) is 3. The van der Waals surface area contributed by atoms with Gasteiger partial charge in [0.25, 0.3) is 0 Å². The highest BCUT2D eigenvalue weighted by molar-refractivity contribution is 7.81. The third-order valence-corrected chi connectivity index (χ3v) is 6.06. The first-order valence-corrected chi connectivity index (χ1v) is 10.7. The lowest BCUT2D eigenvalue weighted by Gasteiger charge is -2.23. The molecular formula is C23H20Cl2N4S. The van der Waals surface area contributed by atoms with E-state index in [0.717, 1.165) is 45.0 Å². The van der Waals surface area contributed by atoms with E-state index in [1.807, 2.05) is 60.7 Å². The van der Waals surface area contributed by atoms with Crippen molar-refractivity contribution in [3.63, 3.8) is 0 Å². The van der Waals surface area contributed by atoms with E-state index in [-0.39, 0.29) is 0 Å². The number of hydrogen-bond acceptors (Lipinski definition) is 5. The van der Waals surface area contributed by atoms with E-state index in [0.29, 0.717) is 23.1 Å². The van der Waals surface area contributed by atoms with Crippen molar-refractivity contribution >= 4 is 52.2 Å². The molecule has 1 aliphatic heterocycles. The molecule has 0 unspecified atom stereocenters. The molecule has 3 aromatic rings. The number of hydrazone groups is 1. The van der Waals surface area contributed by atoms with Crippen LogP contribution >= 0.6 is 35.4 Å². The maximum Gasteiger partial charge on any atom is 0.0913 e. The summed E-state index contributed by atoms with van der Waals surface area (Å²) >= 11 is 18.8. The van der Waals surface area contributed by atoms with Crippen LogP contribution in [0.25, 0.3) is 0 Å². The molecule has 0 atom stereocenters. The van der Waals surface area contributed by atoms with E-state index in [2.05, 4.69) is 27.5 Å². The van der Waals surface area contributed by atoms with Gasteiger partial charge in [-0.3, -0.25) is 15.3 Å².